The molecule has 7 heteroatoms. The lowest BCUT2D eigenvalue weighted by Crippen LogP contribution is -2.51. The zero-order valence-corrected chi connectivity index (χ0v) is 17.6. The van der Waals surface area contributed by atoms with Crippen molar-refractivity contribution in [2.45, 2.75) is 54.6 Å². The second-order valence-electron chi connectivity index (χ2n) is 7.49. The van der Waals surface area contributed by atoms with E-state index in [2.05, 4.69) is 10.2 Å². The molecule has 1 N–H and O–H groups in total. The van der Waals surface area contributed by atoms with E-state index >= 15 is 0 Å². The molecule has 2 aliphatic rings. The van der Waals surface area contributed by atoms with Crippen LogP contribution in [0.15, 0.2) is 30.3 Å². The number of piperidine rings is 2. The highest BCUT2D eigenvalue weighted by molar-refractivity contribution is 6.68. The molecule has 1 aromatic carbocycles. The minimum Gasteiger partial charge on any atom is -0.354 e. The van der Waals surface area contributed by atoms with Gasteiger partial charge in [0.1, 0.15) is 0 Å². The Morgan fingerprint density at radius 2 is 1.89 bits per heavy atom. The molecule has 3 atom stereocenters. The van der Waals surface area contributed by atoms with E-state index < -0.39 is 10.0 Å². The summed E-state index contributed by atoms with van der Waals surface area (Å²) in [5.74, 6) is 0.195. The second kappa shape index (κ2) is 9.80. The van der Waals surface area contributed by atoms with Crippen LogP contribution in [0, 0.1) is 5.92 Å². The molecule has 0 radical (unpaired) electrons. The molecule has 0 unspecified atom stereocenters. The van der Waals surface area contributed by atoms with Gasteiger partial charge in [-0.3, -0.25) is 4.79 Å². The van der Waals surface area contributed by atoms with Gasteiger partial charge in [-0.2, -0.15) is 0 Å². The van der Waals surface area contributed by atoms with E-state index in [0.29, 0.717) is 18.6 Å². The van der Waals surface area contributed by atoms with Crippen molar-refractivity contribution in [1.29, 1.82) is 0 Å². The summed E-state index contributed by atoms with van der Waals surface area (Å²) in [6.07, 6.45) is 5.29. The van der Waals surface area contributed by atoms with Gasteiger partial charge < -0.3 is 15.0 Å². The predicted octanol–water partition coefficient (Wildman–Crippen LogP) is 4.32. The number of carbonyl (C=O) groups is 1. The van der Waals surface area contributed by atoms with Crippen LogP contribution >= 0.6 is 34.8 Å². The number of nitrogens with one attached hydrogen (secondary N) is 1. The van der Waals surface area contributed by atoms with Gasteiger partial charge >= 0.3 is 0 Å². The minimum atomic E-state index is -1.72. The van der Waals surface area contributed by atoms with Gasteiger partial charge in [0, 0.05) is 6.04 Å². The average molecular weight is 434 g/mol. The highest BCUT2D eigenvalue weighted by atomic mass is 35.6. The molecule has 2 heterocycles. The first-order valence-corrected chi connectivity index (χ1v) is 10.8. The molecule has 2 aliphatic heterocycles. The van der Waals surface area contributed by atoms with Crippen molar-refractivity contribution in [3.63, 3.8) is 0 Å². The smallest absolute Gasteiger partial charge is 0.234 e. The maximum absolute atomic E-state index is 12.4. The van der Waals surface area contributed by atoms with Crippen molar-refractivity contribution in [3.8, 4) is 0 Å². The maximum Gasteiger partial charge on any atom is 0.234 e. The zero-order chi connectivity index (χ0) is 19.3. The number of hydrogen-bond donors (Lipinski definition) is 1. The highest BCUT2D eigenvalue weighted by Gasteiger charge is 2.38. The van der Waals surface area contributed by atoms with Crippen molar-refractivity contribution in [1.82, 2.24) is 10.2 Å². The summed E-state index contributed by atoms with van der Waals surface area (Å²) in [5.41, 5.74) is 0.906. The monoisotopic (exact) mass is 432 g/mol. The van der Waals surface area contributed by atoms with Gasteiger partial charge in [-0.25, -0.2) is 0 Å². The summed E-state index contributed by atoms with van der Waals surface area (Å²) in [7, 11) is 0. The molecule has 3 rings (SSSR count). The van der Waals surface area contributed by atoms with Crippen LogP contribution in [0.1, 0.15) is 37.7 Å². The standard InChI is InChI=1S/C20H27Cl3N2O2/c21-20(22,23)19(24-18(26)13-15-7-2-1-3-8-15)27-14-16-9-6-12-25-11-5-4-10-17(16)25/h1-3,7-8,16-17,19H,4-6,9-14H2,(H,24,26)/t16-,17-,19+/m0/s1. The third kappa shape index (κ3) is 6.23. The molecule has 2 saturated heterocycles. The fraction of sp³-hybridized carbons (Fsp3) is 0.650. The molecule has 0 aliphatic carbocycles. The number of rotatable bonds is 6. The first-order valence-electron chi connectivity index (χ1n) is 9.69. The Bertz CT molecular complexity index is 607. The minimum absolute atomic E-state index is 0.222. The Morgan fingerprint density at radius 3 is 2.63 bits per heavy atom. The SMILES string of the molecule is O=C(Cc1ccccc1)N[C@H](OC[C@@H]1CCCN2CCCC[C@@H]12)C(Cl)(Cl)Cl. The summed E-state index contributed by atoms with van der Waals surface area (Å²) in [6.45, 7) is 2.83. The topological polar surface area (TPSA) is 41.6 Å². The van der Waals surface area contributed by atoms with E-state index in [-0.39, 0.29) is 12.3 Å². The number of nitrogens with zero attached hydrogens (tertiary/aromatic N) is 1. The number of hydrogen-bond acceptors (Lipinski definition) is 3. The van der Waals surface area contributed by atoms with Crippen LogP contribution in [-0.2, 0) is 16.0 Å². The van der Waals surface area contributed by atoms with Crippen LogP contribution in [0.4, 0.5) is 0 Å². The first-order chi connectivity index (χ1) is 12.9. The molecular formula is C20H27Cl3N2O2. The van der Waals surface area contributed by atoms with Gasteiger partial charge in [-0.05, 0) is 50.3 Å². The second-order valence-corrected chi connectivity index (χ2v) is 9.86. The summed E-state index contributed by atoms with van der Waals surface area (Å²) in [4.78, 5) is 14.9. The number of alkyl halides is 3. The number of benzene rings is 1. The van der Waals surface area contributed by atoms with Gasteiger partial charge in [0.25, 0.3) is 0 Å². The maximum atomic E-state index is 12.4. The first kappa shape index (κ1) is 21.2. The number of carbonyl (C=O) groups excluding carboxylic acids is 1. The summed E-state index contributed by atoms with van der Waals surface area (Å²) < 4.78 is 4.23. The van der Waals surface area contributed by atoms with Gasteiger partial charge in [0.15, 0.2) is 6.23 Å². The Kier molecular flexibility index (Phi) is 7.69. The number of ether oxygens (including phenoxy) is 1. The summed E-state index contributed by atoms with van der Waals surface area (Å²) in [6, 6.07) is 10.0. The van der Waals surface area contributed by atoms with Crippen LogP contribution < -0.4 is 5.32 Å². The van der Waals surface area contributed by atoms with Crippen LogP contribution in [0.3, 0.4) is 0 Å². The lowest BCUT2D eigenvalue weighted by atomic mass is 9.84. The fourth-order valence-corrected chi connectivity index (χ4v) is 4.54. The number of amides is 1. The van der Waals surface area contributed by atoms with E-state index in [1.54, 1.807) is 0 Å². The summed E-state index contributed by atoms with van der Waals surface area (Å²) >= 11 is 18.2. The normalized spacial score (nSPS) is 24.9. The molecule has 4 nitrogen and oxygen atoms in total. The third-order valence-corrected chi connectivity index (χ3v) is 6.10. The van der Waals surface area contributed by atoms with Crippen molar-refractivity contribution in [2.75, 3.05) is 19.7 Å². The van der Waals surface area contributed by atoms with E-state index in [1.807, 2.05) is 30.3 Å². The lowest BCUT2D eigenvalue weighted by molar-refractivity contribution is -0.125. The van der Waals surface area contributed by atoms with E-state index in [1.165, 1.54) is 38.8 Å². The van der Waals surface area contributed by atoms with Gasteiger partial charge in [0.05, 0.1) is 13.0 Å². The van der Waals surface area contributed by atoms with E-state index in [4.69, 9.17) is 39.5 Å². The fourth-order valence-electron chi connectivity index (χ4n) is 4.19. The predicted molar refractivity (Wildman–Crippen MR) is 110 cm³/mol. The highest BCUT2D eigenvalue weighted by Crippen LogP contribution is 2.34. The average Bonchev–Trinajstić information content (AvgIpc) is 2.65. The quantitative estimate of drug-likeness (QED) is 0.536. The molecule has 0 aromatic heterocycles. The Hall–Kier alpha value is -0.520. The van der Waals surface area contributed by atoms with Crippen molar-refractivity contribution in [3.05, 3.63) is 35.9 Å². The van der Waals surface area contributed by atoms with Crippen LogP contribution in [0.2, 0.25) is 0 Å². The molecule has 0 spiro atoms. The largest absolute Gasteiger partial charge is 0.354 e. The van der Waals surface area contributed by atoms with Gasteiger partial charge in [-0.15, -0.1) is 0 Å². The molecule has 0 saturated carbocycles. The molecule has 1 amide bonds. The summed E-state index contributed by atoms with van der Waals surface area (Å²) in [5, 5.41) is 2.75. The molecule has 2 fully saturated rings. The number of fused-ring (bicyclic) bond motifs is 1. The molecule has 27 heavy (non-hydrogen) atoms. The van der Waals surface area contributed by atoms with Gasteiger partial charge in [0.2, 0.25) is 9.70 Å². The van der Waals surface area contributed by atoms with E-state index in [9.17, 15) is 4.79 Å². The molecular weight excluding hydrogens is 407 g/mol. The Morgan fingerprint density at radius 1 is 1.15 bits per heavy atom. The van der Waals surface area contributed by atoms with Crippen LogP contribution in [0.5, 0.6) is 0 Å². The molecule has 150 valence electrons. The van der Waals surface area contributed by atoms with Crippen LogP contribution in [0.25, 0.3) is 0 Å². The zero-order valence-electron chi connectivity index (χ0n) is 15.4. The Labute approximate surface area is 176 Å². The number of halogens is 3. The van der Waals surface area contributed by atoms with Crippen molar-refractivity contribution in [2.24, 2.45) is 5.92 Å². The van der Waals surface area contributed by atoms with Crippen molar-refractivity contribution < 1.29 is 9.53 Å². The molecule has 0 bridgehead atoms. The Balaban J connectivity index is 1.56. The van der Waals surface area contributed by atoms with Crippen LogP contribution in [-0.4, -0.2) is 46.6 Å². The third-order valence-electron chi connectivity index (χ3n) is 5.50. The van der Waals surface area contributed by atoms with Gasteiger partial charge in [-0.1, -0.05) is 71.6 Å². The van der Waals surface area contributed by atoms with E-state index in [0.717, 1.165) is 12.0 Å². The lowest BCUT2D eigenvalue weighted by Gasteiger charge is -2.44. The van der Waals surface area contributed by atoms with Crippen molar-refractivity contribution >= 4 is 40.7 Å². The molecule has 1 aromatic rings.